The van der Waals surface area contributed by atoms with Gasteiger partial charge in [0.2, 0.25) is 0 Å². The SMILES string of the molecule is CCOc1ccc(C(c2cc(C3CC(O)CC(CO)O3)ccc2Cl)N2CCOCC2)cc1. The Kier molecular flexibility index (Phi) is 8.05. The van der Waals surface area contributed by atoms with Crippen molar-refractivity contribution in [3.8, 4) is 5.75 Å². The second-order valence-electron chi connectivity index (χ2n) is 8.39. The van der Waals surface area contributed by atoms with Crippen LogP contribution in [0.3, 0.4) is 0 Å². The molecule has 2 aromatic carbocycles. The van der Waals surface area contributed by atoms with E-state index in [4.69, 9.17) is 25.8 Å². The van der Waals surface area contributed by atoms with Gasteiger partial charge in [-0.15, -0.1) is 0 Å². The molecule has 0 spiro atoms. The van der Waals surface area contributed by atoms with Crippen LogP contribution in [0.4, 0.5) is 0 Å². The van der Waals surface area contributed by atoms with Gasteiger partial charge in [0.1, 0.15) is 5.75 Å². The number of halogens is 1. The van der Waals surface area contributed by atoms with E-state index in [1.54, 1.807) is 0 Å². The molecule has 0 amide bonds. The van der Waals surface area contributed by atoms with Gasteiger partial charge < -0.3 is 24.4 Å². The smallest absolute Gasteiger partial charge is 0.119 e. The molecule has 174 valence electrons. The lowest BCUT2D eigenvalue weighted by Gasteiger charge is -2.36. The molecule has 2 heterocycles. The minimum Gasteiger partial charge on any atom is -0.494 e. The largest absolute Gasteiger partial charge is 0.494 e. The van der Waals surface area contributed by atoms with Crippen molar-refractivity contribution >= 4 is 11.6 Å². The number of morpholine rings is 1. The van der Waals surface area contributed by atoms with Crippen molar-refractivity contribution in [1.82, 2.24) is 4.90 Å². The number of benzene rings is 2. The van der Waals surface area contributed by atoms with E-state index in [1.165, 1.54) is 0 Å². The molecule has 4 unspecified atom stereocenters. The average Bonchev–Trinajstić information content (AvgIpc) is 2.82. The van der Waals surface area contributed by atoms with Gasteiger partial charge in [-0.05, 0) is 47.9 Å². The Labute approximate surface area is 194 Å². The van der Waals surface area contributed by atoms with Crippen LogP contribution in [-0.4, -0.2) is 66.8 Å². The van der Waals surface area contributed by atoms with E-state index in [-0.39, 0.29) is 24.9 Å². The van der Waals surface area contributed by atoms with Crippen LogP contribution in [-0.2, 0) is 9.47 Å². The molecule has 2 saturated heterocycles. The van der Waals surface area contributed by atoms with E-state index in [1.807, 2.05) is 31.2 Å². The molecule has 0 aliphatic carbocycles. The summed E-state index contributed by atoms with van der Waals surface area (Å²) in [4.78, 5) is 2.39. The Morgan fingerprint density at radius 2 is 1.88 bits per heavy atom. The maximum atomic E-state index is 10.3. The molecule has 7 heteroatoms. The van der Waals surface area contributed by atoms with Crippen LogP contribution in [0.5, 0.6) is 5.75 Å². The molecule has 0 aromatic heterocycles. The quantitative estimate of drug-likeness (QED) is 0.654. The Hall–Kier alpha value is -1.67. The number of aliphatic hydroxyl groups excluding tert-OH is 2. The Bertz CT molecular complexity index is 871. The predicted molar refractivity (Wildman–Crippen MR) is 123 cm³/mol. The topological polar surface area (TPSA) is 71.4 Å². The van der Waals surface area contributed by atoms with Gasteiger partial charge in [-0.1, -0.05) is 29.8 Å². The molecule has 2 aliphatic rings. The van der Waals surface area contributed by atoms with Crippen LogP contribution < -0.4 is 4.74 Å². The molecule has 2 fully saturated rings. The van der Waals surface area contributed by atoms with Crippen molar-refractivity contribution in [3.63, 3.8) is 0 Å². The van der Waals surface area contributed by atoms with Crippen molar-refractivity contribution in [3.05, 3.63) is 64.2 Å². The molecular formula is C25H32ClNO5. The Morgan fingerprint density at radius 3 is 2.56 bits per heavy atom. The third-order valence-electron chi connectivity index (χ3n) is 6.19. The fourth-order valence-electron chi connectivity index (χ4n) is 4.63. The van der Waals surface area contributed by atoms with Crippen LogP contribution in [0.25, 0.3) is 0 Å². The van der Waals surface area contributed by atoms with E-state index in [0.29, 0.717) is 37.7 Å². The van der Waals surface area contributed by atoms with Crippen molar-refractivity contribution in [2.45, 2.75) is 44.1 Å². The molecule has 0 radical (unpaired) electrons. The fourth-order valence-corrected chi connectivity index (χ4v) is 4.85. The summed E-state index contributed by atoms with van der Waals surface area (Å²) in [5, 5.41) is 20.5. The summed E-state index contributed by atoms with van der Waals surface area (Å²) >= 11 is 6.75. The lowest BCUT2D eigenvalue weighted by atomic mass is 9.91. The van der Waals surface area contributed by atoms with Crippen LogP contribution in [0, 0.1) is 0 Å². The number of aliphatic hydroxyl groups is 2. The summed E-state index contributed by atoms with van der Waals surface area (Å²) < 4.78 is 17.3. The highest BCUT2D eigenvalue weighted by Crippen LogP contribution is 2.39. The van der Waals surface area contributed by atoms with E-state index in [9.17, 15) is 10.2 Å². The second kappa shape index (κ2) is 11.0. The van der Waals surface area contributed by atoms with E-state index >= 15 is 0 Å². The van der Waals surface area contributed by atoms with Crippen molar-refractivity contribution in [2.75, 3.05) is 39.5 Å². The highest BCUT2D eigenvalue weighted by atomic mass is 35.5. The molecule has 6 nitrogen and oxygen atoms in total. The zero-order valence-electron chi connectivity index (χ0n) is 18.5. The van der Waals surface area contributed by atoms with Gasteiger partial charge in [-0.25, -0.2) is 0 Å². The lowest BCUT2D eigenvalue weighted by molar-refractivity contribution is -0.113. The third kappa shape index (κ3) is 5.45. The van der Waals surface area contributed by atoms with Gasteiger partial charge in [0.05, 0.1) is 50.8 Å². The molecule has 2 aromatic rings. The number of nitrogens with zero attached hydrogens (tertiary/aromatic N) is 1. The zero-order valence-corrected chi connectivity index (χ0v) is 19.2. The first-order valence-electron chi connectivity index (χ1n) is 11.4. The highest BCUT2D eigenvalue weighted by molar-refractivity contribution is 6.31. The van der Waals surface area contributed by atoms with E-state index in [2.05, 4.69) is 23.1 Å². The van der Waals surface area contributed by atoms with Gasteiger partial charge in [0, 0.05) is 31.0 Å². The maximum absolute atomic E-state index is 10.3. The Balaban J connectivity index is 1.69. The molecule has 2 aliphatic heterocycles. The summed E-state index contributed by atoms with van der Waals surface area (Å²) in [6.07, 6.45) is -0.174. The van der Waals surface area contributed by atoms with Crippen molar-refractivity contribution in [1.29, 1.82) is 0 Å². The van der Waals surface area contributed by atoms with Crippen molar-refractivity contribution in [2.24, 2.45) is 0 Å². The van der Waals surface area contributed by atoms with Crippen LogP contribution in [0.1, 0.15) is 48.6 Å². The van der Waals surface area contributed by atoms with Gasteiger partial charge in [-0.2, -0.15) is 0 Å². The Morgan fingerprint density at radius 1 is 1.12 bits per heavy atom. The normalized spacial score (nSPS) is 25.4. The average molecular weight is 462 g/mol. The molecule has 4 atom stereocenters. The minimum absolute atomic E-state index is 0.0378. The van der Waals surface area contributed by atoms with Gasteiger partial charge in [0.15, 0.2) is 0 Å². The predicted octanol–water partition coefficient (Wildman–Crippen LogP) is 3.73. The molecule has 4 rings (SSSR count). The molecule has 2 N–H and O–H groups in total. The third-order valence-corrected chi connectivity index (χ3v) is 6.53. The van der Waals surface area contributed by atoms with E-state index < -0.39 is 6.10 Å². The molecular weight excluding hydrogens is 430 g/mol. The molecule has 0 saturated carbocycles. The van der Waals surface area contributed by atoms with E-state index in [0.717, 1.165) is 35.5 Å². The number of ether oxygens (including phenoxy) is 3. The summed E-state index contributed by atoms with van der Waals surface area (Å²) in [7, 11) is 0. The number of hydrogen-bond donors (Lipinski definition) is 2. The van der Waals surface area contributed by atoms with Crippen LogP contribution in [0.2, 0.25) is 5.02 Å². The first-order valence-corrected chi connectivity index (χ1v) is 11.7. The first kappa shape index (κ1) is 23.5. The first-order chi connectivity index (χ1) is 15.6. The van der Waals surface area contributed by atoms with Gasteiger partial charge >= 0.3 is 0 Å². The van der Waals surface area contributed by atoms with Crippen LogP contribution >= 0.6 is 11.6 Å². The van der Waals surface area contributed by atoms with Crippen LogP contribution in [0.15, 0.2) is 42.5 Å². The standard InChI is InChI=1S/C25H32ClNO5/c1-2-31-20-6-3-17(4-7-20)25(27-9-11-30-12-10-27)22-13-18(5-8-23(22)26)24-15-19(29)14-21(16-28)32-24/h3-8,13,19,21,24-25,28-29H,2,9-12,14-16H2,1H3. The summed E-state index contributed by atoms with van der Waals surface area (Å²) in [6.45, 7) is 5.48. The number of rotatable bonds is 7. The van der Waals surface area contributed by atoms with Crippen molar-refractivity contribution < 1.29 is 24.4 Å². The van der Waals surface area contributed by atoms with Gasteiger partial charge in [-0.3, -0.25) is 4.90 Å². The lowest BCUT2D eigenvalue weighted by Crippen LogP contribution is -2.39. The minimum atomic E-state index is -0.494. The summed E-state index contributed by atoms with van der Waals surface area (Å²) in [6, 6.07) is 14.1. The summed E-state index contributed by atoms with van der Waals surface area (Å²) in [5.41, 5.74) is 3.09. The monoisotopic (exact) mass is 461 g/mol. The maximum Gasteiger partial charge on any atom is 0.119 e. The fraction of sp³-hybridized carbons (Fsp3) is 0.520. The summed E-state index contributed by atoms with van der Waals surface area (Å²) in [5.74, 6) is 0.844. The second-order valence-corrected chi connectivity index (χ2v) is 8.80. The molecule has 32 heavy (non-hydrogen) atoms. The van der Waals surface area contributed by atoms with Gasteiger partial charge in [0.25, 0.3) is 0 Å². The highest BCUT2D eigenvalue weighted by Gasteiger charge is 2.31. The number of hydrogen-bond acceptors (Lipinski definition) is 6. The molecule has 0 bridgehead atoms. The zero-order chi connectivity index (χ0) is 22.5.